The number of carbonyl (C=O) groups excluding carboxylic acids is 2. The molecule has 0 fully saturated rings. The van der Waals surface area contributed by atoms with Crippen LogP contribution in [0.3, 0.4) is 0 Å². The van der Waals surface area contributed by atoms with Crippen LogP contribution in [0, 0.1) is 5.92 Å². The number of allylic oxidation sites excluding steroid dienone is 2. The van der Waals surface area contributed by atoms with Crippen molar-refractivity contribution >= 4 is 23.0 Å². The van der Waals surface area contributed by atoms with E-state index < -0.39 is 11.9 Å². The van der Waals surface area contributed by atoms with Crippen LogP contribution in [0.5, 0.6) is 5.75 Å². The molecule has 3 rings (SSSR count). The zero-order valence-corrected chi connectivity index (χ0v) is 17.3. The van der Waals surface area contributed by atoms with Crippen LogP contribution in [0.4, 0.5) is 5.69 Å². The molecule has 0 saturated heterocycles. The number of methoxy groups -OCH3 is 1. The van der Waals surface area contributed by atoms with E-state index in [0.29, 0.717) is 6.42 Å². The summed E-state index contributed by atoms with van der Waals surface area (Å²) in [7, 11) is 5.59. The van der Waals surface area contributed by atoms with Crippen LogP contribution in [0.25, 0.3) is 5.57 Å². The predicted octanol–water partition coefficient (Wildman–Crippen LogP) is 4.08. The van der Waals surface area contributed by atoms with Crippen molar-refractivity contribution in [1.82, 2.24) is 0 Å². The summed E-state index contributed by atoms with van der Waals surface area (Å²) >= 11 is 0. The average molecular weight is 393 g/mol. The van der Waals surface area contributed by atoms with Gasteiger partial charge in [-0.1, -0.05) is 24.3 Å². The predicted molar refractivity (Wildman–Crippen MR) is 114 cm³/mol. The lowest BCUT2D eigenvalue weighted by atomic mass is 9.73. The Morgan fingerprint density at radius 3 is 2.28 bits per heavy atom. The van der Waals surface area contributed by atoms with Crippen molar-refractivity contribution in [2.45, 2.75) is 19.3 Å². The van der Waals surface area contributed by atoms with E-state index in [1.165, 1.54) is 0 Å². The van der Waals surface area contributed by atoms with Gasteiger partial charge in [0.1, 0.15) is 11.7 Å². The minimum absolute atomic E-state index is 0.206. The van der Waals surface area contributed by atoms with Gasteiger partial charge in [0.05, 0.1) is 13.7 Å². The molecule has 1 aliphatic carbocycles. The quantitative estimate of drug-likeness (QED) is 0.547. The number of carbonyl (C=O) groups is 2. The van der Waals surface area contributed by atoms with Gasteiger partial charge in [-0.25, -0.2) is 0 Å². The summed E-state index contributed by atoms with van der Waals surface area (Å²) in [6, 6.07) is 15.6. The second kappa shape index (κ2) is 8.95. The molecule has 0 unspecified atom stereocenters. The van der Waals surface area contributed by atoms with Crippen LogP contribution in [-0.4, -0.2) is 39.6 Å². The molecule has 1 aliphatic rings. The third-order valence-corrected chi connectivity index (χ3v) is 5.30. The van der Waals surface area contributed by atoms with Gasteiger partial charge in [0.15, 0.2) is 5.78 Å². The Balaban J connectivity index is 1.97. The molecule has 5 heteroatoms. The van der Waals surface area contributed by atoms with Crippen LogP contribution in [0.15, 0.2) is 54.6 Å². The standard InChI is InChI=1S/C24H27NO4/c1-5-29-24(27)23-21(17-8-12-20(28-4)13-9-17)14-18(15-22(23)26)16-6-10-19(11-7-16)25(2)3/h6-13,15,21,23H,5,14H2,1-4H3/t21-,23+/m0/s1. The maximum atomic E-state index is 13.0. The van der Waals surface area contributed by atoms with E-state index in [9.17, 15) is 9.59 Å². The smallest absolute Gasteiger partial charge is 0.317 e. The van der Waals surface area contributed by atoms with Crippen LogP contribution in [0.2, 0.25) is 0 Å². The molecule has 0 aromatic heterocycles. The molecule has 0 N–H and O–H groups in total. The van der Waals surface area contributed by atoms with E-state index in [0.717, 1.165) is 28.1 Å². The number of hydrogen-bond acceptors (Lipinski definition) is 5. The van der Waals surface area contributed by atoms with Crippen LogP contribution in [-0.2, 0) is 14.3 Å². The molecule has 2 aromatic rings. The summed E-state index contributed by atoms with van der Waals surface area (Å²) in [5.41, 5.74) is 3.94. The minimum atomic E-state index is -0.826. The maximum absolute atomic E-state index is 13.0. The van der Waals surface area contributed by atoms with Crippen molar-refractivity contribution in [3.63, 3.8) is 0 Å². The monoisotopic (exact) mass is 393 g/mol. The number of ketones is 1. The molecule has 0 bridgehead atoms. The highest BCUT2D eigenvalue weighted by atomic mass is 16.5. The zero-order chi connectivity index (χ0) is 21.0. The average Bonchev–Trinajstić information content (AvgIpc) is 2.73. The van der Waals surface area contributed by atoms with Crippen molar-refractivity contribution in [1.29, 1.82) is 0 Å². The molecule has 2 aromatic carbocycles. The van der Waals surface area contributed by atoms with Crippen molar-refractivity contribution in [3.05, 3.63) is 65.7 Å². The molecule has 0 heterocycles. The first-order valence-electron chi connectivity index (χ1n) is 9.77. The molecular formula is C24H27NO4. The van der Waals surface area contributed by atoms with E-state index in [2.05, 4.69) is 0 Å². The SMILES string of the molecule is CCOC(=O)[C@H]1C(=O)C=C(c2ccc(N(C)C)cc2)C[C@H]1c1ccc(OC)cc1. The van der Waals surface area contributed by atoms with Crippen molar-refractivity contribution in [2.24, 2.45) is 5.92 Å². The van der Waals surface area contributed by atoms with Gasteiger partial charge in [-0.2, -0.15) is 0 Å². The van der Waals surface area contributed by atoms with Crippen molar-refractivity contribution < 1.29 is 19.1 Å². The molecule has 0 spiro atoms. The van der Waals surface area contributed by atoms with Crippen molar-refractivity contribution in [2.75, 3.05) is 32.7 Å². The first-order chi connectivity index (χ1) is 13.9. The summed E-state index contributed by atoms with van der Waals surface area (Å²) in [6.07, 6.45) is 2.19. The minimum Gasteiger partial charge on any atom is -0.497 e. The highest BCUT2D eigenvalue weighted by molar-refractivity contribution is 6.10. The lowest BCUT2D eigenvalue weighted by Crippen LogP contribution is -2.34. The van der Waals surface area contributed by atoms with Gasteiger partial charge in [-0.05, 0) is 60.4 Å². The Hall–Kier alpha value is -3.08. The van der Waals surface area contributed by atoms with Gasteiger partial charge in [0.2, 0.25) is 0 Å². The topological polar surface area (TPSA) is 55.8 Å². The van der Waals surface area contributed by atoms with Gasteiger partial charge in [-0.15, -0.1) is 0 Å². The number of benzene rings is 2. The summed E-state index contributed by atoms with van der Waals surface area (Å²) in [5, 5.41) is 0. The molecule has 0 saturated carbocycles. The van der Waals surface area contributed by atoms with E-state index in [1.54, 1.807) is 20.1 Å². The molecule has 29 heavy (non-hydrogen) atoms. The lowest BCUT2D eigenvalue weighted by molar-refractivity contribution is -0.151. The highest BCUT2D eigenvalue weighted by Crippen LogP contribution is 2.41. The van der Waals surface area contributed by atoms with Gasteiger partial charge in [-0.3, -0.25) is 9.59 Å². The van der Waals surface area contributed by atoms with Gasteiger partial charge in [0, 0.05) is 25.7 Å². The maximum Gasteiger partial charge on any atom is 0.317 e. The number of anilines is 1. The van der Waals surface area contributed by atoms with E-state index in [4.69, 9.17) is 9.47 Å². The largest absolute Gasteiger partial charge is 0.497 e. The fraction of sp³-hybridized carbons (Fsp3) is 0.333. The third kappa shape index (κ3) is 4.50. The summed E-state index contributed by atoms with van der Waals surface area (Å²) in [4.78, 5) is 27.6. The van der Waals surface area contributed by atoms with E-state index in [-0.39, 0.29) is 18.3 Å². The Bertz CT molecular complexity index is 897. The number of esters is 1. The van der Waals surface area contributed by atoms with Crippen LogP contribution < -0.4 is 9.64 Å². The van der Waals surface area contributed by atoms with E-state index >= 15 is 0 Å². The first kappa shape index (κ1) is 20.6. The van der Waals surface area contributed by atoms with E-state index in [1.807, 2.05) is 67.5 Å². The molecule has 2 atom stereocenters. The fourth-order valence-electron chi connectivity index (χ4n) is 3.72. The second-order valence-electron chi connectivity index (χ2n) is 7.33. The highest BCUT2D eigenvalue weighted by Gasteiger charge is 2.39. The number of rotatable bonds is 6. The molecule has 5 nitrogen and oxygen atoms in total. The first-order valence-corrected chi connectivity index (χ1v) is 9.77. The van der Waals surface area contributed by atoms with Gasteiger partial charge < -0.3 is 14.4 Å². The van der Waals surface area contributed by atoms with Crippen LogP contribution >= 0.6 is 0 Å². The van der Waals surface area contributed by atoms with Gasteiger partial charge in [0.25, 0.3) is 0 Å². The normalized spacial score (nSPS) is 18.8. The van der Waals surface area contributed by atoms with Gasteiger partial charge >= 0.3 is 5.97 Å². The molecular weight excluding hydrogens is 366 g/mol. The van der Waals surface area contributed by atoms with Crippen molar-refractivity contribution in [3.8, 4) is 5.75 Å². The summed E-state index contributed by atoms with van der Waals surface area (Å²) in [6.45, 7) is 2.00. The molecule has 152 valence electrons. The number of nitrogens with zero attached hydrogens (tertiary/aromatic N) is 1. The Kier molecular flexibility index (Phi) is 6.37. The number of hydrogen-bond donors (Lipinski definition) is 0. The molecule has 0 radical (unpaired) electrons. The Labute approximate surface area is 171 Å². The summed E-state index contributed by atoms with van der Waals surface area (Å²) < 4.78 is 10.4. The zero-order valence-electron chi connectivity index (χ0n) is 17.3. The molecule has 0 aliphatic heterocycles. The summed E-state index contributed by atoms with van der Waals surface area (Å²) in [5.74, 6) is -1.04. The third-order valence-electron chi connectivity index (χ3n) is 5.30. The Morgan fingerprint density at radius 1 is 1.07 bits per heavy atom. The fourth-order valence-corrected chi connectivity index (χ4v) is 3.72. The van der Waals surface area contributed by atoms with Crippen LogP contribution in [0.1, 0.15) is 30.4 Å². The Morgan fingerprint density at radius 2 is 1.72 bits per heavy atom. The second-order valence-corrected chi connectivity index (χ2v) is 7.33. The number of ether oxygens (including phenoxy) is 2. The molecule has 0 amide bonds. The lowest BCUT2D eigenvalue weighted by Gasteiger charge is -2.29.